The summed E-state index contributed by atoms with van der Waals surface area (Å²) in [5.74, 6) is -0.958. The molecule has 236 valence electrons. The number of likely N-dealkylation sites (tertiary alicyclic amines) is 1. The number of amides is 2. The van der Waals surface area contributed by atoms with Crippen molar-refractivity contribution in [3.8, 4) is 0 Å². The van der Waals surface area contributed by atoms with E-state index in [2.05, 4.69) is 15.2 Å². The van der Waals surface area contributed by atoms with Gasteiger partial charge in [0.15, 0.2) is 0 Å². The Bertz CT molecular complexity index is 1690. The van der Waals surface area contributed by atoms with Gasteiger partial charge in [-0.3, -0.25) is 14.5 Å². The van der Waals surface area contributed by atoms with Gasteiger partial charge in [-0.05, 0) is 61.9 Å². The van der Waals surface area contributed by atoms with Crippen molar-refractivity contribution in [2.24, 2.45) is 0 Å². The molecule has 11 heteroatoms. The molecule has 2 fully saturated rings. The van der Waals surface area contributed by atoms with Crippen LogP contribution in [0.3, 0.4) is 0 Å². The molecule has 3 heterocycles. The van der Waals surface area contributed by atoms with Crippen LogP contribution >= 0.6 is 35.0 Å². The molecule has 3 aromatic carbocycles. The molecule has 4 aromatic rings. The van der Waals surface area contributed by atoms with E-state index >= 15 is 0 Å². The molecule has 6 rings (SSSR count). The minimum Gasteiger partial charge on any atom is -0.379 e. The highest BCUT2D eigenvalue weighted by Gasteiger charge is 2.58. The molecular formula is C34H35Cl2FN4O3S. The van der Waals surface area contributed by atoms with Gasteiger partial charge < -0.3 is 19.9 Å². The number of benzene rings is 3. The molecule has 2 N–H and O–H groups in total. The highest BCUT2D eigenvalue weighted by molar-refractivity contribution is 8.01. The van der Waals surface area contributed by atoms with Gasteiger partial charge >= 0.3 is 0 Å². The van der Waals surface area contributed by atoms with Gasteiger partial charge in [0.2, 0.25) is 11.8 Å². The Morgan fingerprint density at radius 3 is 2.64 bits per heavy atom. The third kappa shape index (κ3) is 6.88. The van der Waals surface area contributed by atoms with Crippen LogP contribution in [0.1, 0.15) is 35.6 Å². The smallest absolute Gasteiger partial charge is 0.239 e. The quantitative estimate of drug-likeness (QED) is 0.183. The van der Waals surface area contributed by atoms with Crippen LogP contribution in [0, 0.1) is 12.7 Å². The number of rotatable bonds is 10. The fourth-order valence-corrected chi connectivity index (χ4v) is 7.95. The zero-order chi connectivity index (χ0) is 31.6. The molecule has 1 aromatic heterocycles. The molecule has 0 bridgehead atoms. The highest BCUT2D eigenvalue weighted by Crippen LogP contribution is 2.54. The number of carbonyl (C=O) groups excluding carboxylic acids is 2. The number of morpholine rings is 1. The predicted molar refractivity (Wildman–Crippen MR) is 177 cm³/mol. The summed E-state index contributed by atoms with van der Waals surface area (Å²) in [5.41, 5.74) is 3.28. The summed E-state index contributed by atoms with van der Waals surface area (Å²) in [5, 5.41) is 4.65. The van der Waals surface area contributed by atoms with Gasteiger partial charge in [-0.25, -0.2) is 4.39 Å². The average Bonchev–Trinajstić information content (AvgIpc) is 3.56. The molecule has 2 amide bonds. The maximum Gasteiger partial charge on any atom is 0.239 e. The Hall–Kier alpha value is -3.08. The molecule has 0 spiro atoms. The predicted octanol–water partition coefficient (Wildman–Crippen LogP) is 6.77. The lowest BCUT2D eigenvalue weighted by Gasteiger charge is -2.36. The lowest BCUT2D eigenvalue weighted by atomic mass is 9.91. The first-order valence-corrected chi connectivity index (χ1v) is 16.6. The zero-order valence-corrected chi connectivity index (χ0v) is 27.3. The van der Waals surface area contributed by atoms with E-state index in [1.165, 1.54) is 23.9 Å². The van der Waals surface area contributed by atoms with Crippen LogP contribution in [0.15, 0.2) is 71.8 Å². The summed E-state index contributed by atoms with van der Waals surface area (Å²) in [4.78, 5) is 36.9. The highest BCUT2D eigenvalue weighted by atomic mass is 35.5. The summed E-state index contributed by atoms with van der Waals surface area (Å²) in [7, 11) is 0. The SMILES string of the molecule is Cc1ccc(S[C@@]2(C(=O)NCCCN3CCOCC3)CC(=O)N(Cc3ccc(Cl)c(F)c3)[C@@H]2c2c[nH]c3cc(Cl)ccc23)cc1. The summed E-state index contributed by atoms with van der Waals surface area (Å²) < 4.78 is 18.8. The number of nitrogens with one attached hydrogen (secondary N) is 2. The third-order valence-electron chi connectivity index (χ3n) is 8.54. The first-order valence-electron chi connectivity index (χ1n) is 15.1. The Morgan fingerprint density at radius 1 is 1.11 bits per heavy atom. The first-order chi connectivity index (χ1) is 21.7. The van der Waals surface area contributed by atoms with Crippen molar-refractivity contribution in [1.29, 1.82) is 0 Å². The van der Waals surface area contributed by atoms with E-state index < -0.39 is 16.6 Å². The number of hydrogen-bond acceptors (Lipinski definition) is 5. The second-order valence-corrected chi connectivity index (χ2v) is 13.9. The minimum atomic E-state index is -1.22. The molecule has 2 aliphatic rings. The Kier molecular flexibility index (Phi) is 9.73. The zero-order valence-electron chi connectivity index (χ0n) is 25.0. The summed E-state index contributed by atoms with van der Waals surface area (Å²) in [6, 6.07) is 17.4. The molecular weight excluding hydrogens is 634 g/mol. The molecule has 2 aliphatic heterocycles. The largest absolute Gasteiger partial charge is 0.379 e. The van der Waals surface area contributed by atoms with E-state index in [1.807, 2.05) is 49.5 Å². The van der Waals surface area contributed by atoms with E-state index in [0.29, 0.717) is 17.1 Å². The minimum absolute atomic E-state index is 0.0114. The molecule has 0 unspecified atom stereocenters. The van der Waals surface area contributed by atoms with Gasteiger partial charge in [0, 0.05) is 58.8 Å². The molecule has 2 atom stereocenters. The van der Waals surface area contributed by atoms with E-state index in [9.17, 15) is 14.0 Å². The van der Waals surface area contributed by atoms with Gasteiger partial charge in [0.1, 0.15) is 10.6 Å². The van der Waals surface area contributed by atoms with Crippen molar-refractivity contribution in [3.63, 3.8) is 0 Å². The van der Waals surface area contributed by atoms with Crippen molar-refractivity contribution >= 4 is 57.7 Å². The van der Waals surface area contributed by atoms with Gasteiger partial charge in [0.05, 0.1) is 30.7 Å². The number of H-pyrrole nitrogens is 1. The van der Waals surface area contributed by atoms with Crippen LogP contribution in [0.5, 0.6) is 0 Å². The number of hydrogen-bond donors (Lipinski definition) is 2. The summed E-state index contributed by atoms with van der Waals surface area (Å²) >= 11 is 13.7. The maximum atomic E-state index is 14.6. The number of nitrogens with zero attached hydrogens (tertiary/aromatic N) is 2. The number of thioether (sulfide) groups is 1. The third-order valence-corrected chi connectivity index (χ3v) is 10.5. The van der Waals surface area contributed by atoms with Crippen LogP contribution in [0.2, 0.25) is 10.0 Å². The average molecular weight is 670 g/mol. The molecule has 0 aliphatic carbocycles. The summed E-state index contributed by atoms with van der Waals surface area (Å²) in [6.45, 7) is 6.63. The molecule has 0 saturated carbocycles. The van der Waals surface area contributed by atoms with Crippen LogP contribution in [0.4, 0.5) is 4.39 Å². The van der Waals surface area contributed by atoms with Gasteiger partial charge in [-0.2, -0.15) is 0 Å². The fraction of sp³-hybridized carbons (Fsp3) is 0.353. The first kappa shape index (κ1) is 31.9. The number of fused-ring (bicyclic) bond motifs is 1. The monoisotopic (exact) mass is 668 g/mol. The normalized spacial score (nSPS) is 20.7. The van der Waals surface area contributed by atoms with E-state index in [-0.39, 0.29) is 29.8 Å². The summed E-state index contributed by atoms with van der Waals surface area (Å²) in [6.07, 6.45) is 2.60. The molecule has 7 nitrogen and oxygen atoms in total. The Morgan fingerprint density at radius 2 is 1.89 bits per heavy atom. The van der Waals surface area contributed by atoms with Crippen molar-refractivity contribution in [2.75, 3.05) is 39.4 Å². The fourth-order valence-electron chi connectivity index (χ4n) is 6.24. The van der Waals surface area contributed by atoms with Crippen LogP contribution in [0.25, 0.3) is 10.9 Å². The second-order valence-electron chi connectivity index (χ2n) is 11.7. The number of aromatic amines is 1. The number of aryl methyl sites for hydroxylation is 1. The molecule has 2 saturated heterocycles. The Balaban J connectivity index is 1.40. The standard InChI is InChI=1S/C34H35Cl2FN4O3S/c1-22-3-7-25(8-4-22)45-34(33(43)38-11-2-12-40-13-15-44-16-14-40)19-31(42)41(21-23-5-10-28(36)29(37)17-23)32(34)27-20-39-30-18-24(35)6-9-26(27)30/h3-10,17-18,20,32,39H,2,11-16,19,21H2,1H3,(H,38,43)/t32-,34+/m1/s1. The Labute approximate surface area is 276 Å². The lowest BCUT2D eigenvalue weighted by molar-refractivity contribution is -0.129. The van der Waals surface area contributed by atoms with Crippen molar-refractivity contribution in [2.45, 2.75) is 42.0 Å². The van der Waals surface area contributed by atoms with Crippen LogP contribution in [-0.2, 0) is 20.9 Å². The van der Waals surface area contributed by atoms with Gasteiger partial charge in [0.25, 0.3) is 0 Å². The van der Waals surface area contributed by atoms with E-state index in [0.717, 1.165) is 66.2 Å². The number of ether oxygens (including phenoxy) is 1. The number of aromatic nitrogens is 1. The molecule has 0 radical (unpaired) electrons. The van der Waals surface area contributed by atoms with Gasteiger partial charge in [-0.1, -0.05) is 53.0 Å². The van der Waals surface area contributed by atoms with Crippen molar-refractivity contribution in [1.82, 2.24) is 20.1 Å². The second kappa shape index (κ2) is 13.7. The molecule has 45 heavy (non-hydrogen) atoms. The number of halogens is 3. The lowest BCUT2D eigenvalue weighted by Crippen LogP contribution is -2.48. The van der Waals surface area contributed by atoms with Gasteiger partial charge in [-0.15, -0.1) is 11.8 Å². The van der Waals surface area contributed by atoms with E-state index in [1.54, 1.807) is 17.0 Å². The van der Waals surface area contributed by atoms with Crippen molar-refractivity contribution < 1.29 is 18.7 Å². The topological polar surface area (TPSA) is 77.7 Å². The number of carbonyl (C=O) groups is 2. The van der Waals surface area contributed by atoms with Crippen molar-refractivity contribution in [3.05, 3.63) is 99.4 Å². The maximum absolute atomic E-state index is 14.6. The van der Waals surface area contributed by atoms with E-state index in [4.69, 9.17) is 27.9 Å². The van der Waals surface area contributed by atoms with Crippen LogP contribution < -0.4 is 5.32 Å². The van der Waals surface area contributed by atoms with Crippen LogP contribution in [-0.4, -0.2) is 70.7 Å².